The van der Waals surface area contributed by atoms with E-state index in [1.165, 1.54) is 6.08 Å². The molecule has 3 aromatic rings. The van der Waals surface area contributed by atoms with Crippen LogP contribution in [0.25, 0.3) is 10.8 Å². The molecule has 0 saturated carbocycles. The Morgan fingerprint density at radius 3 is 2.39 bits per heavy atom. The smallest absolute Gasteiger partial charge is 0.276 e. The molecule has 1 amide bonds. The van der Waals surface area contributed by atoms with Gasteiger partial charge in [0.05, 0.1) is 12.7 Å². The van der Waals surface area contributed by atoms with Gasteiger partial charge in [-0.3, -0.25) is 9.80 Å². The Balaban J connectivity index is 1.74. The Bertz CT molecular complexity index is 1250. The molecule has 0 aromatic heterocycles. The highest BCUT2D eigenvalue weighted by Gasteiger charge is 2.43. The molecule has 1 saturated heterocycles. The van der Waals surface area contributed by atoms with Gasteiger partial charge in [-0.1, -0.05) is 72.8 Å². The Labute approximate surface area is 193 Å². The van der Waals surface area contributed by atoms with Gasteiger partial charge in [-0.2, -0.15) is 5.01 Å². The topological polar surface area (TPSA) is 67.2 Å². The number of aliphatic hydroxyl groups excluding tert-OH is 2. The van der Waals surface area contributed by atoms with Gasteiger partial charge in [0.2, 0.25) is 0 Å². The minimum absolute atomic E-state index is 0.0885. The van der Waals surface area contributed by atoms with Crippen LogP contribution >= 0.6 is 0 Å². The number of hydrogen-bond acceptors (Lipinski definition) is 5. The highest BCUT2D eigenvalue weighted by molar-refractivity contribution is 5.95. The molecule has 2 N–H and O–H groups in total. The third-order valence-electron chi connectivity index (χ3n) is 6.35. The van der Waals surface area contributed by atoms with Crippen molar-refractivity contribution in [1.29, 1.82) is 0 Å². The Morgan fingerprint density at radius 1 is 0.939 bits per heavy atom. The van der Waals surface area contributed by atoms with Crippen LogP contribution in [0, 0.1) is 0 Å². The summed E-state index contributed by atoms with van der Waals surface area (Å²) in [5.74, 6) is -0.630. The van der Waals surface area contributed by atoms with E-state index in [0.717, 1.165) is 21.9 Å². The number of hydrogen-bond donors (Lipinski definition) is 2. The first-order chi connectivity index (χ1) is 16.0. The van der Waals surface area contributed by atoms with Crippen molar-refractivity contribution in [2.24, 2.45) is 0 Å². The van der Waals surface area contributed by atoms with Gasteiger partial charge in [-0.25, -0.2) is 0 Å². The third kappa shape index (κ3) is 3.57. The van der Waals surface area contributed by atoms with Gasteiger partial charge < -0.3 is 15.1 Å². The van der Waals surface area contributed by atoms with Crippen LogP contribution in [0.1, 0.15) is 31.0 Å². The molecule has 6 nitrogen and oxygen atoms in total. The number of amides is 1. The van der Waals surface area contributed by atoms with E-state index in [1.54, 1.807) is 16.1 Å². The minimum Gasteiger partial charge on any atom is -0.507 e. The quantitative estimate of drug-likeness (QED) is 0.631. The number of aliphatic hydroxyl groups is 2. The van der Waals surface area contributed by atoms with E-state index in [2.05, 4.69) is 41.4 Å². The van der Waals surface area contributed by atoms with Gasteiger partial charge in [0.1, 0.15) is 6.10 Å². The fraction of sp³-hybridized carbons (Fsp3) is 0.222. The van der Waals surface area contributed by atoms with E-state index in [9.17, 15) is 15.0 Å². The molecule has 3 aromatic carbocycles. The molecule has 0 bridgehead atoms. The highest BCUT2D eigenvalue weighted by Crippen LogP contribution is 2.39. The second kappa shape index (κ2) is 8.39. The van der Waals surface area contributed by atoms with Crippen molar-refractivity contribution >= 4 is 16.7 Å². The number of carbonyl (C=O) groups is 1. The van der Waals surface area contributed by atoms with Crippen LogP contribution in [0.4, 0.5) is 0 Å². The summed E-state index contributed by atoms with van der Waals surface area (Å²) in [7, 11) is 0. The lowest BCUT2D eigenvalue weighted by molar-refractivity contribution is -0.152. The van der Waals surface area contributed by atoms with Crippen LogP contribution < -0.4 is 0 Å². The molecule has 168 valence electrons. The Morgan fingerprint density at radius 2 is 1.64 bits per heavy atom. The maximum absolute atomic E-state index is 13.3. The molecular formula is C27H27N3O3. The lowest BCUT2D eigenvalue weighted by Gasteiger charge is -2.50. The highest BCUT2D eigenvalue weighted by atomic mass is 16.3. The normalized spacial score (nSPS) is 20.0. The van der Waals surface area contributed by atoms with Crippen LogP contribution in [0.5, 0.6) is 0 Å². The summed E-state index contributed by atoms with van der Waals surface area (Å²) in [6.07, 6.45) is 1.97. The van der Waals surface area contributed by atoms with Crippen molar-refractivity contribution in [2.45, 2.75) is 32.0 Å². The zero-order chi connectivity index (χ0) is 23.1. The van der Waals surface area contributed by atoms with Crippen molar-refractivity contribution in [3.8, 4) is 0 Å². The lowest BCUT2D eigenvalue weighted by Crippen LogP contribution is -2.60. The lowest BCUT2D eigenvalue weighted by atomic mass is 9.93. The van der Waals surface area contributed by atoms with Crippen molar-refractivity contribution in [1.82, 2.24) is 14.9 Å². The van der Waals surface area contributed by atoms with E-state index < -0.39 is 6.10 Å². The molecule has 0 aliphatic carbocycles. The van der Waals surface area contributed by atoms with Crippen LogP contribution in [-0.2, 0) is 4.79 Å². The average molecular weight is 442 g/mol. The maximum Gasteiger partial charge on any atom is 0.276 e. The molecular weight excluding hydrogens is 414 g/mol. The summed E-state index contributed by atoms with van der Waals surface area (Å²) in [5, 5.41) is 27.0. The largest absolute Gasteiger partial charge is 0.507 e. The molecule has 2 aliphatic heterocycles. The molecule has 0 spiro atoms. The van der Waals surface area contributed by atoms with Gasteiger partial charge in [0, 0.05) is 12.2 Å². The van der Waals surface area contributed by atoms with E-state index >= 15 is 0 Å². The number of benzene rings is 3. The molecule has 6 heteroatoms. The summed E-state index contributed by atoms with van der Waals surface area (Å²) in [6, 6.07) is 24.3. The second-order valence-electron chi connectivity index (χ2n) is 8.70. The van der Waals surface area contributed by atoms with Gasteiger partial charge >= 0.3 is 0 Å². The first-order valence-electron chi connectivity index (χ1n) is 11.2. The molecule has 2 aliphatic rings. The van der Waals surface area contributed by atoms with Crippen LogP contribution in [0.2, 0.25) is 0 Å². The van der Waals surface area contributed by atoms with Crippen molar-refractivity contribution in [3.63, 3.8) is 0 Å². The number of carbonyl (C=O) groups excluding carboxylic acids is 1. The molecule has 2 atom stereocenters. The maximum atomic E-state index is 13.3. The van der Waals surface area contributed by atoms with Crippen molar-refractivity contribution in [2.75, 3.05) is 6.67 Å². The first-order valence-corrected chi connectivity index (χ1v) is 11.2. The average Bonchev–Trinajstić information content (AvgIpc) is 2.83. The van der Waals surface area contributed by atoms with Crippen LogP contribution in [0.15, 0.2) is 96.5 Å². The zero-order valence-corrected chi connectivity index (χ0v) is 18.7. The van der Waals surface area contributed by atoms with Crippen molar-refractivity contribution < 1.29 is 15.0 Å². The van der Waals surface area contributed by atoms with E-state index in [-0.39, 0.29) is 29.4 Å². The number of rotatable bonds is 4. The SMILES string of the molecule is CC(C)N1CN(C(c2ccccc2)c2cccc3ccccc23)N2C=CC(O)C(O)=C2C1=O. The van der Waals surface area contributed by atoms with E-state index in [4.69, 9.17) is 0 Å². The first kappa shape index (κ1) is 21.2. The number of fused-ring (bicyclic) bond motifs is 2. The van der Waals surface area contributed by atoms with Crippen LogP contribution in [-0.4, -0.2) is 49.9 Å². The van der Waals surface area contributed by atoms with E-state index in [1.807, 2.05) is 50.2 Å². The number of hydrazine groups is 1. The monoisotopic (exact) mass is 441 g/mol. The Kier molecular flexibility index (Phi) is 5.40. The Hall–Kier alpha value is -3.61. The van der Waals surface area contributed by atoms with Crippen molar-refractivity contribution in [3.05, 3.63) is 108 Å². The predicted octanol–water partition coefficient (Wildman–Crippen LogP) is 4.31. The summed E-state index contributed by atoms with van der Waals surface area (Å²) >= 11 is 0. The molecule has 0 radical (unpaired) electrons. The summed E-state index contributed by atoms with van der Waals surface area (Å²) in [5.41, 5.74) is 2.24. The molecule has 2 unspecified atom stereocenters. The summed E-state index contributed by atoms with van der Waals surface area (Å²) in [6.45, 7) is 4.23. The summed E-state index contributed by atoms with van der Waals surface area (Å²) < 4.78 is 0. The number of nitrogens with zero attached hydrogens (tertiary/aromatic N) is 3. The molecule has 5 rings (SSSR count). The zero-order valence-electron chi connectivity index (χ0n) is 18.7. The van der Waals surface area contributed by atoms with Gasteiger partial charge in [-0.05, 0) is 41.8 Å². The van der Waals surface area contributed by atoms with Gasteiger partial charge in [0.15, 0.2) is 11.5 Å². The molecule has 33 heavy (non-hydrogen) atoms. The molecule has 2 heterocycles. The van der Waals surface area contributed by atoms with Gasteiger partial charge in [-0.15, -0.1) is 0 Å². The minimum atomic E-state index is -1.21. The molecule has 1 fully saturated rings. The third-order valence-corrected chi connectivity index (χ3v) is 6.35. The predicted molar refractivity (Wildman–Crippen MR) is 128 cm³/mol. The van der Waals surface area contributed by atoms with Gasteiger partial charge in [0.25, 0.3) is 5.91 Å². The summed E-state index contributed by atoms with van der Waals surface area (Å²) in [4.78, 5) is 15.0. The second-order valence-corrected chi connectivity index (χ2v) is 8.70. The van der Waals surface area contributed by atoms with E-state index in [0.29, 0.717) is 6.67 Å². The van der Waals surface area contributed by atoms with Crippen LogP contribution in [0.3, 0.4) is 0 Å². The fourth-order valence-electron chi connectivity index (χ4n) is 4.67. The standard InChI is InChI=1S/C27H27N3O3/c1-18(2)28-17-30(29-16-15-23(31)26(32)25(29)27(28)33)24(20-10-4-3-5-11-20)22-14-8-12-19-9-6-7-13-21(19)22/h3-16,18,23-24,31-32H,17H2,1-2H3. The fourth-order valence-corrected chi connectivity index (χ4v) is 4.67.